The number of hydrogen-bond acceptors (Lipinski definition) is 7. The molecule has 1 aromatic heterocycles. The third kappa shape index (κ3) is 8.36. The Kier molecular flexibility index (Phi) is 11.1. The van der Waals surface area contributed by atoms with Crippen LogP contribution in [0.4, 0.5) is 8.78 Å². The highest BCUT2D eigenvalue weighted by molar-refractivity contribution is 5.60. The molecule has 7 nitrogen and oxygen atoms in total. The fourth-order valence-corrected chi connectivity index (χ4v) is 4.60. The van der Waals surface area contributed by atoms with Gasteiger partial charge in [-0.15, -0.1) is 15.0 Å². The number of hydroxylamine groups is 3. The number of halogens is 2. The SMILES string of the molecule is Cc1cccc(F)c1CCCCNOOON1CCCC1CNCc1ccnc(-c2ccc(CF)cc2)c1. The predicted molar refractivity (Wildman–Crippen MR) is 141 cm³/mol. The van der Waals surface area contributed by atoms with Crippen molar-refractivity contribution >= 4 is 0 Å². The molecule has 1 fully saturated rings. The molecule has 0 saturated carbocycles. The Balaban J connectivity index is 1.10. The lowest BCUT2D eigenvalue weighted by Gasteiger charge is -2.21. The molecule has 3 aromatic rings. The summed E-state index contributed by atoms with van der Waals surface area (Å²) >= 11 is 0. The summed E-state index contributed by atoms with van der Waals surface area (Å²) in [5.74, 6) is -0.146. The van der Waals surface area contributed by atoms with Crippen molar-refractivity contribution < 1.29 is 23.8 Å². The molecule has 2 aromatic carbocycles. The van der Waals surface area contributed by atoms with Crippen LogP contribution in [-0.2, 0) is 34.7 Å². The lowest BCUT2D eigenvalue weighted by Crippen LogP contribution is -2.38. The molecule has 38 heavy (non-hydrogen) atoms. The number of nitrogens with one attached hydrogen (secondary N) is 2. The van der Waals surface area contributed by atoms with Crippen molar-refractivity contribution in [1.82, 2.24) is 20.8 Å². The average molecular weight is 527 g/mol. The second-order valence-corrected chi connectivity index (χ2v) is 9.56. The van der Waals surface area contributed by atoms with E-state index in [0.29, 0.717) is 25.1 Å². The normalized spacial score (nSPS) is 15.8. The van der Waals surface area contributed by atoms with Gasteiger partial charge in [0.15, 0.2) is 0 Å². The highest BCUT2D eigenvalue weighted by Gasteiger charge is 2.26. The van der Waals surface area contributed by atoms with Gasteiger partial charge in [-0.2, -0.15) is 5.48 Å². The van der Waals surface area contributed by atoms with E-state index in [1.54, 1.807) is 29.5 Å². The van der Waals surface area contributed by atoms with Crippen molar-refractivity contribution in [1.29, 1.82) is 0 Å². The van der Waals surface area contributed by atoms with Crippen molar-refractivity contribution in [3.63, 3.8) is 0 Å². The molecule has 204 valence electrons. The van der Waals surface area contributed by atoms with Crippen LogP contribution in [0, 0.1) is 12.7 Å². The van der Waals surface area contributed by atoms with E-state index < -0.39 is 6.67 Å². The summed E-state index contributed by atoms with van der Waals surface area (Å²) in [6, 6.07) is 16.7. The average Bonchev–Trinajstić information content (AvgIpc) is 3.39. The number of aromatic nitrogens is 1. The maximum atomic E-state index is 13.9. The summed E-state index contributed by atoms with van der Waals surface area (Å²) < 4.78 is 26.6. The third-order valence-corrected chi connectivity index (χ3v) is 6.79. The minimum absolute atomic E-state index is 0.146. The molecule has 0 amide bonds. The molecule has 0 aliphatic carbocycles. The Morgan fingerprint density at radius 3 is 2.76 bits per heavy atom. The summed E-state index contributed by atoms with van der Waals surface area (Å²) in [5, 5.41) is 10.1. The van der Waals surface area contributed by atoms with Crippen LogP contribution in [0.15, 0.2) is 60.8 Å². The van der Waals surface area contributed by atoms with Crippen molar-refractivity contribution in [2.75, 3.05) is 19.6 Å². The molecule has 1 unspecified atom stereocenters. The molecule has 4 rings (SSSR count). The second-order valence-electron chi connectivity index (χ2n) is 9.56. The quantitative estimate of drug-likeness (QED) is 0.153. The zero-order valence-corrected chi connectivity index (χ0v) is 21.8. The smallest absolute Gasteiger partial charge is 0.126 e. The number of pyridine rings is 1. The van der Waals surface area contributed by atoms with Gasteiger partial charge in [-0.1, -0.05) is 36.4 Å². The molecule has 0 spiro atoms. The molecule has 0 radical (unpaired) electrons. The number of rotatable bonds is 15. The first-order valence-corrected chi connectivity index (χ1v) is 13.2. The predicted octanol–water partition coefficient (Wildman–Crippen LogP) is 5.54. The second kappa shape index (κ2) is 15.0. The molecular weight excluding hydrogens is 490 g/mol. The van der Waals surface area contributed by atoms with Gasteiger partial charge in [0.2, 0.25) is 0 Å². The number of unbranched alkanes of at least 4 members (excludes halogenated alkanes) is 1. The van der Waals surface area contributed by atoms with Crippen molar-refractivity contribution in [3.05, 3.63) is 88.9 Å². The molecule has 1 aliphatic rings. The zero-order chi connectivity index (χ0) is 26.6. The minimum Gasteiger partial charge on any atom is -0.311 e. The van der Waals surface area contributed by atoms with E-state index in [1.165, 1.54) is 6.07 Å². The summed E-state index contributed by atoms with van der Waals surface area (Å²) in [6.07, 6.45) is 6.12. The monoisotopic (exact) mass is 526 g/mol. The molecular formula is C29H36F2N4O3. The van der Waals surface area contributed by atoms with Gasteiger partial charge in [0.1, 0.15) is 12.5 Å². The first kappa shape index (κ1) is 28.2. The van der Waals surface area contributed by atoms with E-state index in [4.69, 9.17) is 15.0 Å². The van der Waals surface area contributed by atoms with E-state index in [1.807, 2.05) is 37.3 Å². The maximum absolute atomic E-state index is 13.9. The van der Waals surface area contributed by atoms with Crippen LogP contribution in [0.2, 0.25) is 0 Å². The number of aryl methyl sites for hydroxylation is 1. The number of nitrogens with zero attached hydrogens (tertiary/aromatic N) is 2. The topological polar surface area (TPSA) is 67.9 Å². The van der Waals surface area contributed by atoms with Crippen molar-refractivity contribution in [3.8, 4) is 11.3 Å². The molecule has 1 atom stereocenters. The largest absolute Gasteiger partial charge is 0.311 e. The molecule has 9 heteroatoms. The highest BCUT2D eigenvalue weighted by Crippen LogP contribution is 2.20. The van der Waals surface area contributed by atoms with Gasteiger partial charge in [0.25, 0.3) is 0 Å². The summed E-state index contributed by atoms with van der Waals surface area (Å²) in [5.41, 5.74) is 8.07. The summed E-state index contributed by atoms with van der Waals surface area (Å²) in [7, 11) is 0. The summed E-state index contributed by atoms with van der Waals surface area (Å²) in [6.45, 7) is 4.20. The van der Waals surface area contributed by atoms with E-state index >= 15 is 0 Å². The van der Waals surface area contributed by atoms with Crippen LogP contribution in [0.3, 0.4) is 0 Å². The van der Waals surface area contributed by atoms with Crippen LogP contribution in [0.5, 0.6) is 0 Å². The van der Waals surface area contributed by atoms with Gasteiger partial charge in [0, 0.05) is 37.9 Å². The number of alkyl halides is 1. The van der Waals surface area contributed by atoms with Crippen LogP contribution in [0.1, 0.15) is 47.9 Å². The molecule has 1 aliphatic heterocycles. The van der Waals surface area contributed by atoms with Crippen LogP contribution >= 0.6 is 0 Å². The third-order valence-electron chi connectivity index (χ3n) is 6.79. The maximum Gasteiger partial charge on any atom is 0.126 e. The van der Waals surface area contributed by atoms with Gasteiger partial charge >= 0.3 is 0 Å². The molecule has 0 bridgehead atoms. The van der Waals surface area contributed by atoms with Gasteiger partial charge < -0.3 is 5.32 Å². The van der Waals surface area contributed by atoms with E-state index in [9.17, 15) is 8.78 Å². The first-order chi connectivity index (χ1) is 18.6. The summed E-state index contributed by atoms with van der Waals surface area (Å²) in [4.78, 5) is 14.7. The Morgan fingerprint density at radius 1 is 1.08 bits per heavy atom. The lowest BCUT2D eigenvalue weighted by molar-refractivity contribution is -0.598. The van der Waals surface area contributed by atoms with E-state index in [-0.39, 0.29) is 11.9 Å². The zero-order valence-electron chi connectivity index (χ0n) is 21.8. The van der Waals surface area contributed by atoms with Gasteiger partial charge in [0.05, 0.1) is 11.7 Å². The van der Waals surface area contributed by atoms with E-state index in [2.05, 4.69) is 15.8 Å². The Morgan fingerprint density at radius 2 is 1.95 bits per heavy atom. The Hall–Kier alpha value is -2.79. The number of benzene rings is 2. The molecule has 2 heterocycles. The first-order valence-electron chi connectivity index (χ1n) is 13.2. The molecule has 2 N–H and O–H groups in total. The van der Waals surface area contributed by atoms with Crippen LogP contribution in [-0.4, -0.2) is 35.7 Å². The fraction of sp³-hybridized carbons (Fsp3) is 0.414. The Labute approximate surface area is 222 Å². The Bertz CT molecular complexity index is 1110. The highest BCUT2D eigenvalue weighted by atomic mass is 19.1. The molecule has 1 saturated heterocycles. The van der Waals surface area contributed by atoms with Crippen molar-refractivity contribution in [2.45, 2.75) is 58.3 Å². The van der Waals surface area contributed by atoms with Gasteiger partial charge in [-0.05, 0) is 84.5 Å². The van der Waals surface area contributed by atoms with Crippen LogP contribution < -0.4 is 10.8 Å². The van der Waals surface area contributed by atoms with E-state index in [0.717, 1.165) is 66.7 Å². The minimum atomic E-state index is -0.467. The van der Waals surface area contributed by atoms with Crippen LogP contribution in [0.25, 0.3) is 11.3 Å². The standard InChI is InChI=1S/C29H36F2N4O3/c1-22-6-4-9-28(31)27(22)8-2-3-15-34-36-38-37-35-17-5-7-26(35)21-32-20-24-14-16-33-29(18-24)25-12-10-23(19-30)11-13-25/h4,6,9-14,16,18,26,32,34H,2-3,5,7-8,15,17,19-21H2,1H3. The lowest BCUT2D eigenvalue weighted by atomic mass is 10.0. The fourth-order valence-electron chi connectivity index (χ4n) is 4.60. The van der Waals surface area contributed by atoms with Crippen molar-refractivity contribution in [2.24, 2.45) is 0 Å². The number of hydrogen-bond donors (Lipinski definition) is 2. The van der Waals surface area contributed by atoms with Gasteiger partial charge in [-0.3, -0.25) is 4.98 Å². The van der Waals surface area contributed by atoms with Gasteiger partial charge in [-0.25, -0.2) is 8.78 Å².